The van der Waals surface area contributed by atoms with Crippen LogP contribution in [0.3, 0.4) is 0 Å². The van der Waals surface area contributed by atoms with E-state index in [1.54, 1.807) is 6.07 Å². The molecule has 1 spiro atoms. The lowest BCUT2D eigenvalue weighted by Gasteiger charge is -2.36. The monoisotopic (exact) mass is 478 g/mol. The molecule has 3 aliphatic rings. The van der Waals surface area contributed by atoms with Crippen molar-refractivity contribution in [1.82, 2.24) is 20.0 Å². The molecular formula is C22H27ClN4O4S. The van der Waals surface area contributed by atoms with Crippen LogP contribution in [0, 0.1) is 0 Å². The van der Waals surface area contributed by atoms with E-state index in [1.807, 2.05) is 6.92 Å². The summed E-state index contributed by atoms with van der Waals surface area (Å²) < 4.78 is 24.6. The van der Waals surface area contributed by atoms with E-state index in [4.69, 9.17) is 20.9 Å². The number of Topliss-reactive ketones (excluding diaryl/α,β-unsaturated/α-hetero) is 1. The van der Waals surface area contributed by atoms with E-state index in [-0.39, 0.29) is 28.6 Å². The third-order valence-electron chi connectivity index (χ3n) is 7.04. The molecule has 0 radical (unpaired) electrons. The van der Waals surface area contributed by atoms with Gasteiger partial charge in [-0.2, -0.15) is 4.98 Å². The molecule has 0 amide bonds. The molecule has 2 aliphatic heterocycles. The number of likely N-dealkylation sites (tertiary alicyclic amines) is 1. The van der Waals surface area contributed by atoms with Crippen molar-refractivity contribution in [2.45, 2.75) is 68.8 Å². The molecule has 32 heavy (non-hydrogen) atoms. The fourth-order valence-electron chi connectivity index (χ4n) is 5.39. The number of ketones is 1. The Kier molecular flexibility index (Phi) is 5.84. The first-order valence-electron chi connectivity index (χ1n) is 11.2. The van der Waals surface area contributed by atoms with Crippen molar-refractivity contribution < 1.29 is 18.3 Å². The first-order valence-corrected chi connectivity index (χ1v) is 13.0. The number of hydrogen-bond donors (Lipinski definition) is 0. The Morgan fingerprint density at radius 2 is 2.19 bits per heavy atom. The Bertz CT molecular complexity index is 1080. The van der Waals surface area contributed by atoms with Gasteiger partial charge in [-0.25, -0.2) is 4.98 Å². The number of nitrogens with zero attached hydrogens (tertiary/aromatic N) is 4. The third-order valence-corrected chi connectivity index (χ3v) is 8.65. The normalized spacial score (nSPS) is 29.3. The molecule has 0 N–H and O–H groups in total. The zero-order valence-electron chi connectivity index (χ0n) is 18.3. The highest BCUT2D eigenvalue weighted by Crippen LogP contribution is 2.45. The fraction of sp³-hybridized carbons (Fsp3) is 0.636. The fourth-order valence-corrected chi connectivity index (χ4v) is 7.24. The molecule has 2 fully saturated rings. The minimum atomic E-state index is -1.19. The van der Waals surface area contributed by atoms with Crippen LogP contribution in [0.4, 0.5) is 0 Å². The third kappa shape index (κ3) is 3.78. The van der Waals surface area contributed by atoms with Gasteiger partial charge < -0.3 is 9.26 Å². The molecule has 4 atom stereocenters. The highest BCUT2D eigenvalue weighted by atomic mass is 35.5. The highest BCUT2D eigenvalue weighted by molar-refractivity contribution is 7.84. The molecule has 0 bridgehead atoms. The van der Waals surface area contributed by atoms with E-state index >= 15 is 0 Å². The number of fused-ring (bicyclic) bond motifs is 2. The number of rotatable bonds is 4. The zero-order chi connectivity index (χ0) is 22.5. The van der Waals surface area contributed by atoms with E-state index in [9.17, 15) is 9.00 Å². The molecule has 1 aliphatic carbocycles. The summed E-state index contributed by atoms with van der Waals surface area (Å²) in [6.45, 7) is 3.08. The molecule has 2 aromatic heterocycles. The molecule has 8 nitrogen and oxygen atoms in total. The number of halogens is 1. The Balaban J connectivity index is 1.49. The van der Waals surface area contributed by atoms with E-state index in [1.165, 1.54) is 0 Å². The number of ether oxygens (including phenoxy) is 1. The van der Waals surface area contributed by atoms with Crippen LogP contribution in [0.15, 0.2) is 10.6 Å². The van der Waals surface area contributed by atoms with Gasteiger partial charge in [0, 0.05) is 40.6 Å². The Morgan fingerprint density at radius 3 is 2.94 bits per heavy atom. The first kappa shape index (κ1) is 22.0. The molecule has 4 heterocycles. The lowest BCUT2D eigenvalue weighted by atomic mass is 9.71. The molecule has 172 valence electrons. The van der Waals surface area contributed by atoms with Crippen LogP contribution in [0.5, 0.6) is 5.88 Å². The summed E-state index contributed by atoms with van der Waals surface area (Å²) >= 11 is 6.30. The lowest BCUT2D eigenvalue weighted by Crippen LogP contribution is -2.46. The molecule has 10 heteroatoms. The van der Waals surface area contributed by atoms with Gasteiger partial charge in [0.25, 0.3) is 0 Å². The van der Waals surface area contributed by atoms with Crippen molar-refractivity contribution in [2.24, 2.45) is 0 Å². The van der Waals surface area contributed by atoms with Gasteiger partial charge in [0.2, 0.25) is 5.88 Å². The molecule has 5 rings (SSSR count). The van der Waals surface area contributed by atoms with Crippen LogP contribution in [0.1, 0.15) is 56.8 Å². The predicted molar refractivity (Wildman–Crippen MR) is 120 cm³/mol. The van der Waals surface area contributed by atoms with Crippen LogP contribution in [0.2, 0.25) is 5.15 Å². The molecule has 2 unspecified atom stereocenters. The quantitative estimate of drug-likeness (QED) is 0.617. The van der Waals surface area contributed by atoms with Crippen LogP contribution in [0.25, 0.3) is 11.5 Å². The summed E-state index contributed by atoms with van der Waals surface area (Å²) in [6, 6.07) is 1.90. The summed E-state index contributed by atoms with van der Waals surface area (Å²) in [4.78, 5) is 24.1. The number of hydrogen-bond acceptors (Lipinski definition) is 8. The number of carbonyl (C=O) groups excluding carboxylic acids is 1. The van der Waals surface area contributed by atoms with Crippen molar-refractivity contribution in [3.63, 3.8) is 0 Å². The van der Waals surface area contributed by atoms with Crippen molar-refractivity contribution in [2.75, 3.05) is 19.3 Å². The average Bonchev–Trinajstić information content (AvgIpc) is 3.36. The van der Waals surface area contributed by atoms with E-state index in [0.29, 0.717) is 47.5 Å². The lowest BCUT2D eigenvalue weighted by molar-refractivity contribution is -0.126. The highest BCUT2D eigenvalue weighted by Gasteiger charge is 2.51. The summed E-state index contributed by atoms with van der Waals surface area (Å²) in [7, 11) is 0.904. The van der Waals surface area contributed by atoms with Crippen LogP contribution >= 0.6 is 11.6 Å². The van der Waals surface area contributed by atoms with Gasteiger partial charge in [-0.1, -0.05) is 23.2 Å². The van der Waals surface area contributed by atoms with Gasteiger partial charge in [0.15, 0.2) is 17.3 Å². The summed E-state index contributed by atoms with van der Waals surface area (Å²) in [5.41, 5.74) is 0.201. The topological polar surface area (TPSA) is 98.4 Å². The Labute approximate surface area is 194 Å². The summed E-state index contributed by atoms with van der Waals surface area (Å²) in [5, 5.41) is 4.46. The van der Waals surface area contributed by atoms with E-state index in [0.717, 1.165) is 32.2 Å². The van der Waals surface area contributed by atoms with Crippen molar-refractivity contribution in [3.05, 3.63) is 22.5 Å². The van der Waals surface area contributed by atoms with E-state index in [2.05, 4.69) is 27.1 Å². The summed E-state index contributed by atoms with van der Waals surface area (Å²) in [5.74, 6) is 1.81. The number of carbonyl (C=O) groups is 1. The van der Waals surface area contributed by atoms with Gasteiger partial charge in [-0.3, -0.25) is 13.9 Å². The van der Waals surface area contributed by atoms with Gasteiger partial charge in [-0.15, -0.1) is 0 Å². The Morgan fingerprint density at radius 1 is 1.34 bits per heavy atom. The molecular weight excluding hydrogens is 452 g/mol. The standard InChI is InChI=1S/C22H27ClN4O4S/c1-13(15-6-5-9-27(15)2)30-18-10-17(23)24-21(25-18)19-14-11-32(29)12-22(20(14)31-26-19)8-4-3-7-16(22)28/h10,13,15H,3-9,11-12H2,1-2H3/t13-,15-,22?,32?/m0/s1. The molecule has 2 aromatic rings. The minimum absolute atomic E-state index is 0.0665. The van der Waals surface area contributed by atoms with Crippen molar-refractivity contribution >= 4 is 28.2 Å². The van der Waals surface area contributed by atoms with E-state index < -0.39 is 16.2 Å². The predicted octanol–water partition coefficient (Wildman–Crippen LogP) is 3.29. The largest absolute Gasteiger partial charge is 0.473 e. The second-order valence-corrected chi connectivity index (χ2v) is 11.0. The Hall–Kier alpha value is -1.84. The van der Waals surface area contributed by atoms with Gasteiger partial charge in [0.05, 0.1) is 5.75 Å². The second kappa shape index (κ2) is 8.50. The first-order chi connectivity index (χ1) is 15.4. The van der Waals surface area contributed by atoms with Crippen LogP contribution in [-0.4, -0.2) is 61.5 Å². The average molecular weight is 479 g/mol. The maximum Gasteiger partial charge on any atom is 0.218 e. The van der Waals surface area contributed by atoms with Gasteiger partial charge >= 0.3 is 0 Å². The van der Waals surface area contributed by atoms with Crippen LogP contribution in [-0.2, 0) is 26.8 Å². The summed E-state index contributed by atoms with van der Waals surface area (Å²) in [6.07, 6.45) is 5.02. The second-order valence-electron chi connectivity index (χ2n) is 9.15. The SMILES string of the molecule is C[C@H](Oc1cc(Cl)nc(-c2noc3c2CS(=O)CC32CCCCC2=O)n1)[C@@H]1CCCN1C. The van der Waals surface area contributed by atoms with Gasteiger partial charge in [0.1, 0.15) is 22.5 Å². The van der Waals surface area contributed by atoms with Gasteiger partial charge in [-0.05, 0) is 46.2 Å². The maximum absolute atomic E-state index is 12.9. The number of aromatic nitrogens is 3. The molecule has 0 aromatic carbocycles. The van der Waals surface area contributed by atoms with Crippen molar-refractivity contribution in [1.29, 1.82) is 0 Å². The smallest absolute Gasteiger partial charge is 0.218 e. The molecule has 1 saturated carbocycles. The minimum Gasteiger partial charge on any atom is -0.473 e. The maximum atomic E-state index is 12.9. The number of likely N-dealkylation sites (N-methyl/N-ethyl adjacent to an activating group) is 1. The zero-order valence-corrected chi connectivity index (χ0v) is 19.9. The van der Waals surface area contributed by atoms with Crippen molar-refractivity contribution in [3.8, 4) is 17.4 Å². The molecule has 1 saturated heterocycles. The van der Waals surface area contributed by atoms with Crippen LogP contribution < -0.4 is 4.74 Å².